The second kappa shape index (κ2) is 6.15. The molecule has 0 radical (unpaired) electrons. The van der Waals surface area contributed by atoms with Gasteiger partial charge >= 0.3 is 0 Å². The molecule has 0 aliphatic carbocycles. The summed E-state index contributed by atoms with van der Waals surface area (Å²) in [5.41, 5.74) is 2.23. The Morgan fingerprint density at radius 1 is 1.06 bits per heavy atom. The largest absolute Gasteiger partial charge is 0.462 e. The molecule has 2 aromatic rings. The summed E-state index contributed by atoms with van der Waals surface area (Å²) in [5.74, 6) is 0. The average molecular weight is 275 g/mol. The summed E-state index contributed by atoms with van der Waals surface area (Å²) in [6.45, 7) is 4.22. The SMILES string of the molecule is Cl.Cl.c1cc(N2CCNCC2)c2occc2c1. The van der Waals surface area contributed by atoms with Crippen molar-refractivity contribution in [2.24, 2.45) is 0 Å². The molecule has 1 fully saturated rings. The lowest BCUT2D eigenvalue weighted by atomic mass is 10.2. The van der Waals surface area contributed by atoms with Crippen LogP contribution in [0.2, 0.25) is 0 Å². The van der Waals surface area contributed by atoms with Gasteiger partial charge in [-0.3, -0.25) is 0 Å². The Morgan fingerprint density at radius 3 is 2.59 bits per heavy atom. The van der Waals surface area contributed by atoms with Gasteiger partial charge in [-0.15, -0.1) is 24.8 Å². The second-order valence-corrected chi connectivity index (χ2v) is 3.85. The van der Waals surface area contributed by atoms with E-state index >= 15 is 0 Å². The van der Waals surface area contributed by atoms with Crippen molar-refractivity contribution >= 4 is 41.5 Å². The zero-order chi connectivity index (χ0) is 10.1. The maximum absolute atomic E-state index is 5.54. The monoisotopic (exact) mass is 274 g/mol. The first-order valence-electron chi connectivity index (χ1n) is 5.37. The molecule has 0 atom stereocenters. The Bertz CT molecular complexity index is 466. The number of para-hydroxylation sites is 1. The highest BCUT2D eigenvalue weighted by Gasteiger charge is 2.14. The molecule has 0 saturated carbocycles. The van der Waals surface area contributed by atoms with Gasteiger partial charge in [0.1, 0.15) is 0 Å². The van der Waals surface area contributed by atoms with Gasteiger partial charge in [0.2, 0.25) is 0 Å². The minimum absolute atomic E-state index is 0. The third-order valence-electron chi connectivity index (χ3n) is 2.92. The van der Waals surface area contributed by atoms with Gasteiger partial charge in [0.05, 0.1) is 12.0 Å². The van der Waals surface area contributed by atoms with E-state index in [1.54, 1.807) is 6.26 Å². The molecule has 0 unspecified atom stereocenters. The van der Waals surface area contributed by atoms with Gasteiger partial charge in [-0.25, -0.2) is 0 Å². The van der Waals surface area contributed by atoms with Crippen molar-refractivity contribution in [1.82, 2.24) is 5.32 Å². The van der Waals surface area contributed by atoms with Crippen LogP contribution >= 0.6 is 24.8 Å². The molecule has 1 saturated heterocycles. The quantitative estimate of drug-likeness (QED) is 0.867. The van der Waals surface area contributed by atoms with Crippen molar-refractivity contribution < 1.29 is 4.42 Å². The second-order valence-electron chi connectivity index (χ2n) is 3.85. The number of benzene rings is 1. The fourth-order valence-electron chi connectivity index (χ4n) is 2.13. The number of nitrogens with one attached hydrogen (secondary N) is 1. The number of anilines is 1. The molecule has 1 aliphatic heterocycles. The summed E-state index contributed by atoms with van der Waals surface area (Å²) in [7, 11) is 0. The summed E-state index contributed by atoms with van der Waals surface area (Å²) in [6.07, 6.45) is 1.76. The summed E-state index contributed by atoms with van der Waals surface area (Å²) in [4.78, 5) is 2.38. The van der Waals surface area contributed by atoms with E-state index in [9.17, 15) is 0 Å². The number of rotatable bonds is 1. The van der Waals surface area contributed by atoms with Gasteiger partial charge in [-0.05, 0) is 12.1 Å². The van der Waals surface area contributed by atoms with Gasteiger partial charge in [0.15, 0.2) is 5.58 Å². The highest BCUT2D eigenvalue weighted by atomic mass is 35.5. The molecule has 5 heteroatoms. The Kier molecular flexibility index (Phi) is 5.12. The van der Waals surface area contributed by atoms with E-state index in [1.165, 1.54) is 11.1 Å². The molecule has 17 heavy (non-hydrogen) atoms. The van der Waals surface area contributed by atoms with Crippen LogP contribution in [-0.2, 0) is 0 Å². The van der Waals surface area contributed by atoms with Crippen molar-refractivity contribution in [3.05, 3.63) is 30.5 Å². The van der Waals surface area contributed by atoms with Gasteiger partial charge in [0, 0.05) is 31.6 Å². The van der Waals surface area contributed by atoms with Gasteiger partial charge in [-0.2, -0.15) is 0 Å². The smallest absolute Gasteiger partial charge is 0.157 e. The predicted octanol–water partition coefficient (Wildman–Crippen LogP) is 2.69. The third-order valence-corrected chi connectivity index (χ3v) is 2.92. The fourth-order valence-corrected chi connectivity index (χ4v) is 2.13. The van der Waals surface area contributed by atoms with Crippen molar-refractivity contribution in [3.8, 4) is 0 Å². The zero-order valence-electron chi connectivity index (χ0n) is 9.39. The lowest BCUT2D eigenvalue weighted by molar-refractivity contribution is 0.579. The molecule has 1 N–H and O–H groups in total. The van der Waals surface area contributed by atoms with Crippen molar-refractivity contribution in [2.45, 2.75) is 0 Å². The third kappa shape index (κ3) is 2.68. The van der Waals surface area contributed by atoms with E-state index in [4.69, 9.17) is 4.42 Å². The highest BCUT2D eigenvalue weighted by molar-refractivity contribution is 5.89. The first-order chi connectivity index (χ1) is 7.45. The van der Waals surface area contributed by atoms with Crippen LogP contribution in [0.1, 0.15) is 0 Å². The lowest BCUT2D eigenvalue weighted by Gasteiger charge is -2.29. The minimum atomic E-state index is 0. The maximum atomic E-state index is 5.54. The van der Waals surface area contributed by atoms with E-state index in [-0.39, 0.29) is 24.8 Å². The standard InChI is InChI=1S/C12H14N2O.2ClH/c1-2-10-4-9-15-12(10)11(3-1)14-7-5-13-6-8-14;;/h1-4,9,13H,5-8H2;2*1H. The van der Waals surface area contributed by atoms with E-state index in [2.05, 4.69) is 28.4 Å². The topological polar surface area (TPSA) is 28.4 Å². The van der Waals surface area contributed by atoms with Gasteiger partial charge in [0.25, 0.3) is 0 Å². The van der Waals surface area contributed by atoms with Crippen LogP contribution in [0.15, 0.2) is 34.9 Å². The number of halogens is 2. The lowest BCUT2D eigenvalue weighted by Crippen LogP contribution is -2.43. The summed E-state index contributed by atoms with van der Waals surface area (Å²) >= 11 is 0. The Labute approximate surface area is 113 Å². The number of nitrogens with zero attached hydrogens (tertiary/aromatic N) is 1. The van der Waals surface area contributed by atoms with Gasteiger partial charge in [-0.1, -0.05) is 12.1 Å². The Morgan fingerprint density at radius 2 is 1.82 bits per heavy atom. The number of hydrogen-bond acceptors (Lipinski definition) is 3. The van der Waals surface area contributed by atoms with Crippen molar-refractivity contribution in [2.75, 3.05) is 31.1 Å². The first-order valence-corrected chi connectivity index (χ1v) is 5.37. The van der Waals surface area contributed by atoms with E-state index < -0.39 is 0 Å². The van der Waals surface area contributed by atoms with Crippen LogP contribution in [0.3, 0.4) is 0 Å². The number of furan rings is 1. The molecule has 0 amide bonds. The van der Waals surface area contributed by atoms with E-state index in [1.807, 2.05) is 6.07 Å². The highest BCUT2D eigenvalue weighted by Crippen LogP contribution is 2.27. The maximum Gasteiger partial charge on any atom is 0.157 e. The molecular weight excluding hydrogens is 259 g/mol. The molecule has 0 bridgehead atoms. The summed E-state index contributed by atoms with van der Waals surface area (Å²) in [5, 5.41) is 4.54. The van der Waals surface area contributed by atoms with Crippen molar-refractivity contribution in [1.29, 1.82) is 0 Å². The molecule has 3 nitrogen and oxygen atoms in total. The summed E-state index contributed by atoms with van der Waals surface area (Å²) < 4.78 is 5.54. The molecule has 3 rings (SSSR count). The zero-order valence-corrected chi connectivity index (χ0v) is 11.0. The molecule has 1 aromatic carbocycles. The molecular formula is C12H16Cl2N2O. The first kappa shape index (κ1) is 14.2. The van der Waals surface area contributed by atoms with Crippen LogP contribution in [0.5, 0.6) is 0 Å². The Hall–Kier alpha value is -0.900. The number of piperazine rings is 1. The van der Waals surface area contributed by atoms with Crippen LogP contribution in [-0.4, -0.2) is 26.2 Å². The Balaban J connectivity index is 0.000000722. The van der Waals surface area contributed by atoms with Crippen LogP contribution < -0.4 is 10.2 Å². The van der Waals surface area contributed by atoms with E-state index in [0.29, 0.717) is 0 Å². The minimum Gasteiger partial charge on any atom is -0.462 e. The fraction of sp³-hybridized carbons (Fsp3) is 0.333. The summed E-state index contributed by atoms with van der Waals surface area (Å²) in [6, 6.07) is 8.33. The predicted molar refractivity (Wildman–Crippen MR) is 75.8 cm³/mol. The molecule has 94 valence electrons. The van der Waals surface area contributed by atoms with Crippen LogP contribution in [0.25, 0.3) is 11.0 Å². The number of hydrogen-bond donors (Lipinski definition) is 1. The molecule has 2 heterocycles. The van der Waals surface area contributed by atoms with Crippen molar-refractivity contribution in [3.63, 3.8) is 0 Å². The van der Waals surface area contributed by atoms with Gasteiger partial charge < -0.3 is 14.6 Å². The van der Waals surface area contributed by atoms with E-state index in [0.717, 1.165) is 31.8 Å². The average Bonchev–Trinajstić information content (AvgIpc) is 2.78. The normalized spacial score (nSPS) is 15.2. The van der Waals surface area contributed by atoms with Crippen LogP contribution in [0.4, 0.5) is 5.69 Å². The molecule has 1 aliphatic rings. The number of fused-ring (bicyclic) bond motifs is 1. The molecule has 1 aromatic heterocycles. The van der Waals surface area contributed by atoms with Crippen LogP contribution in [0, 0.1) is 0 Å². The molecule has 0 spiro atoms.